The predicted octanol–water partition coefficient (Wildman–Crippen LogP) is 1.78. The minimum absolute atomic E-state index is 0.00832. The first-order chi connectivity index (χ1) is 17.8. The van der Waals surface area contributed by atoms with Crippen molar-refractivity contribution in [3.8, 4) is 0 Å². The lowest BCUT2D eigenvalue weighted by Crippen LogP contribution is -2.51. The number of cyclic esters (lactones) is 1. The molecule has 1 N–H and O–H groups in total. The van der Waals surface area contributed by atoms with Gasteiger partial charge in [-0.3, -0.25) is 19.3 Å². The van der Waals surface area contributed by atoms with Crippen molar-refractivity contribution in [3.05, 3.63) is 40.4 Å². The quantitative estimate of drug-likeness (QED) is 0.506. The molecule has 2 aliphatic rings. The number of carbonyl (C=O) groups is 4. The summed E-state index contributed by atoms with van der Waals surface area (Å²) < 4.78 is 39.8. The highest BCUT2D eigenvalue weighted by Crippen LogP contribution is 2.32. The van der Waals surface area contributed by atoms with E-state index in [-0.39, 0.29) is 75.1 Å². The number of carbonyl (C=O) groups excluding carboxylic acids is 4. The fraction of sp³-hybridized carbons (Fsp3) is 0.435. The number of thiazole rings is 1. The number of methoxy groups -OCH3 is 1. The highest BCUT2D eigenvalue weighted by atomic mass is 32.1. The zero-order valence-corrected chi connectivity index (χ0v) is 20.8. The van der Waals surface area contributed by atoms with E-state index in [2.05, 4.69) is 15.0 Å². The third-order valence-corrected chi connectivity index (χ3v) is 6.69. The Bertz CT molecular complexity index is 1150. The molecule has 3 heterocycles. The number of benzene rings is 1. The summed E-state index contributed by atoms with van der Waals surface area (Å²) in [5.74, 6) is -2.91. The summed E-state index contributed by atoms with van der Waals surface area (Å²) in [4.78, 5) is 56.0. The molecular formula is C23H25F2N5O6S. The topological polar surface area (TPSA) is 121 Å². The molecule has 11 nitrogen and oxygen atoms in total. The van der Waals surface area contributed by atoms with Gasteiger partial charge in [0.05, 0.1) is 31.4 Å². The monoisotopic (exact) mass is 537 g/mol. The molecule has 2 aromatic rings. The van der Waals surface area contributed by atoms with Gasteiger partial charge in [-0.05, 0) is 6.42 Å². The zero-order chi connectivity index (χ0) is 26.5. The second kappa shape index (κ2) is 11.5. The predicted molar refractivity (Wildman–Crippen MR) is 128 cm³/mol. The van der Waals surface area contributed by atoms with E-state index in [0.29, 0.717) is 0 Å². The van der Waals surface area contributed by atoms with Gasteiger partial charge in [0, 0.05) is 50.1 Å². The summed E-state index contributed by atoms with van der Waals surface area (Å²) in [6.07, 6.45) is -1.07. The number of amides is 3. The molecule has 3 amide bonds. The highest BCUT2D eigenvalue weighted by Gasteiger charge is 2.34. The van der Waals surface area contributed by atoms with Crippen molar-refractivity contribution in [3.63, 3.8) is 0 Å². The number of halogens is 2. The molecule has 1 aromatic carbocycles. The van der Waals surface area contributed by atoms with Gasteiger partial charge < -0.3 is 24.6 Å². The van der Waals surface area contributed by atoms with Crippen LogP contribution in [0, 0.1) is 11.6 Å². The van der Waals surface area contributed by atoms with Crippen LogP contribution in [0.5, 0.6) is 0 Å². The van der Waals surface area contributed by atoms with Crippen LogP contribution in [0.1, 0.15) is 23.3 Å². The third-order valence-electron chi connectivity index (χ3n) is 6.10. The largest absolute Gasteiger partial charge is 0.469 e. The summed E-state index contributed by atoms with van der Waals surface area (Å²) >= 11 is 1.27. The number of hydrogen-bond donors (Lipinski definition) is 1. The Morgan fingerprint density at radius 2 is 1.89 bits per heavy atom. The van der Waals surface area contributed by atoms with Gasteiger partial charge in [-0.15, -0.1) is 11.3 Å². The van der Waals surface area contributed by atoms with E-state index in [1.165, 1.54) is 33.8 Å². The fourth-order valence-electron chi connectivity index (χ4n) is 4.14. The average molecular weight is 538 g/mol. The Balaban J connectivity index is 1.32. The summed E-state index contributed by atoms with van der Waals surface area (Å²) in [5, 5.41) is 4.09. The lowest BCUT2D eigenvalue weighted by molar-refractivity contribution is -0.141. The van der Waals surface area contributed by atoms with Crippen LogP contribution in [0.15, 0.2) is 23.0 Å². The Labute approximate surface area is 214 Å². The van der Waals surface area contributed by atoms with Gasteiger partial charge in [-0.2, -0.15) is 0 Å². The molecule has 198 valence electrons. The van der Waals surface area contributed by atoms with Gasteiger partial charge in [0.15, 0.2) is 11.6 Å². The number of rotatable bonds is 8. The molecule has 0 spiro atoms. The van der Waals surface area contributed by atoms with Gasteiger partial charge in [0.2, 0.25) is 5.91 Å². The van der Waals surface area contributed by atoms with Crippen LogP contribution >= 0.6 is 11.3 Å². The zero-order valence-electron chi connectivity index (χ0n) is 19.9. The molecule has 0 unspecified atom stereocenters. The van der Waals surface area contributed by atoms with Crippen LogP contribution < -0.4 is 15.1 Å². The highest BCUT2D eigenvalue weighted by molar-refractivity contribution is 7.07. The minimum atomic E-state index is -0.851. The van der Waals surface area contributed by atoms with Gasteiger partial charge in [-0.25, -0.2) is 18.6 Å². The van der Waals surface area contributed by atoms with Crippen molar-refractivity contribution in [2.24, 2.45) is 0 Å². The number of nitrogens with one attached hydrogen (secondary N) is 1. The van der Waals surface area contributed by atoms with Gasteiger partial charge in [-0.1, -0.05) is 0 Å². The first kappa shape index (κ1) is 26.3. The van der Waals surface area contributed by atoms with Crippen LogP contribution in [0.25, 0.3) is 0 Å². The van der Waals surface area contributed by atoms with E-state index in [4.69, 9.17) is 4.74 Å². The summed E-state index contributed by atoms with van der Waals surface area (Å²) in [5.41, 5.74) is 1.51. The van der Waals surface area contributed by atoms with Crippen LogP contribution in [-0.4, -0.2) is 86.2 Å². The Morgan fingerprint density at radius 1 is 1.19 bits per heavy atom. The molecule has 37 heavy (non-hydrogen) atoms. The van der Waals surface area contributed by atoms with Gasteiger partial charge >= 0.3 is 12.1 Å². The second-order valence-corrected chi connectivity index (χ2v) is 9.13. The van der Waals surface area contributed by atoms with Crippen molar-refractivity contribution in [2.75, 3.05) is 56.2 Å². The molecule has 14 heteroatoms. The summed E-state index contributed by atoms with van der Waals surface area (Å²) in [7, 11) is 1.25. The number of esters is 1. The molecule has 0 bridgehead atoms. The van der Waals surface area contributed by atoms with Crippen LogP contribution in [-0.2, 0) is 19.1 Å². The maximum atomic E-state index is 15.0. The first-order valence-corrected chi connectivity index (χ1v) is 12.4. The summed E-state index contributed by atoms with van der Waals surface area (Å²) in [6, 6.07) is 2.13. The maximum absolute atomic E-state index is 15.0. The minimum Gasteiger partial charge on any atom is -0.469 e. The number of ether oxygens (including phenoxy) is 2. The first-order valence-electron chi connectivity index (χ1n) is 11.5. The van der Waals surface area contributed by atoms with Crippen LogP contribution in [0.2, 0.25) is 0 Å². The van der Waals surface area contributed by atoms with Crippen molar-refractivity contribution >= 4 is 46.6 Å². The normalized spacial score (nSPS) is 17.5. The van der Waals surface area contributed by atoms with E-state index in [1.807, 2.05) is 0 Å². The van der Waals surface area contributed by atoms with E-state index < -0.39 is 35.7 Å². The standard InChI is InChI=1S/C23H25F2N5O6S/c1-35-20(32)3-2-15-11-30(23(34)36-15)14-8-16(24)21(17(25)9-14)29-6-4-28(5-7-29)19(31)10-26-22(33)18-12-37-13-27-18/h8-9,12-13,15H,2-7,10-11H2,1H3,(H,26,33)/t15-/m0/s1. The SMILES string of the molecule is COC(=O)CC[C@H]1CN(c2cc(F)c(N3CCN(C(=O)CNC(=O)c4cscn4)CC3)c(F)c2)C(=O)O1. The number of piperazine rings is 1. The molecule has 1 aromatic heterocycles. The van der Waals surface area contributed by atoms with Gasteiger partial charge in [0.25, 0.3) is 5.91 Å². The molecule has 4 rings (SSSR count). The molecule has 0 saturated carbocycles. The van der Waals surface area contributed by atoms with Crippen molar-refractivity contribution < 1.29 is 37.4 Å². The second-order valence-electron chi connectivity index (χ2n) is 8.41. The molecule has 0 radical (unpaired) electrons. The molecular weight excluding hydrogens is 512 g/mol. The van der Waals surface area contributed by atoms with Crippen molar-refractivity contribution in [2.45, 2.75) is 18.9 Å². The Kier molecular flexibility index (Phi) is 8.16. The average Bonchev–Trinajstić information content (AvgIpc) is 3.55. The summed E-state index contributed by atoms with van der Waals surface area (Å²) in [6.45, 7) is 0.632. The van der Waals surface area contributed by atoms with Gasteiger partial charge in [0.1, 0.15) is 17.5 Å². The van der Waals surface area contributed by atoms with Crippen molar-refractivity contribution in [1.82, 2.24) is 15.2 Å². The fourth-order valence-corrected chi connectivity index (χ4v) is 4.67. The number of hydrogen-bond acceptors (Lipinski definition) is 9. The smallest absolute Gasteiger partial charge is 0.414 e. The third kappa shape index (κ3) is 6.13. The van der Waals surface area contributed by atoms with Crippen LogP contribution in [0.4, 0.5) is 25.0 Å². The van der Waals surface area contributed by atoms with E-state index >= 15 is 8.78 Å². The Hall–Kier alpha value is -3.81. The molecule has 2 aliphatic heterocycles. The number of anilines is 2. The number of nitrogens with zero attached hydrogens (tertiary/aromatic N) is 4. The van der Waals surface area contributed by atoms with E-state index in [1.54, 1.807) is 5.38 Å². The number of aromatic nitrogens is 1. The molecule has 2 fully saturated rings. The molecule has 1 atom stereocenters. The molecule has 2 saturated heterocycles. The van der Waals surface area contributed by atoms with E-state index in [0.717, 1.165) is 17.0 Å². The molecule has 0 aliphatic carbocycles. The Morgan fingerprint density at radius 3 is 2.51 bits per heavy atom. The maximum Gasteiger partial charge on any atom is 0.414 e. The van der Waals surface area contributed by atoms with E-state index in [9.17, 15) is 19.2 Å². The lowest BCUT2D eigenvalue weighted by atomic mass is 10.1. The van der Waals surface area contributed by atoms with Crippen LogP contribution in [0.3, 0.4) is 0 Å². The lowest BCUT2D eigenvalue weighted by Gasteiger charge is -2.36. The van der Waals surface area contributed by atoms with Crippen molar-refractivity contribution in [1.29, 1.82) is 0 Å².